The van der Waals surface area contributed by atoms with Gasteiger partial charge in [0.2, 0.25) is 0 Å². The van der Waals surface area contributed by atoms with Crippen molar-refractivity contribution in [2.75, 3.05) is 0 Å². The van der Waals surface area contributed by atoms with Crippen LogP contribution in [0.2, 0.25) is 0 Å². The molecule has 0 aliphatic rings. The summed E-state index contributed by atoms with van der Waals surface area (Å²) in [6, 6.07) is 12.5. The molecule has 102 valence electrons. The first kappa shape index (κ1) is 14.2. The summed E-state index contributed by atoms with van der Waals surface area (Å²) in [5.41, 5.74) is 1.80. The molecule has 0 aliphatic heterocycles. The molecule has 0 aliphatic carbocycles. The minimum atomic E-state index is -0.978. The molecule has 4 N–H and O–H groups in total. The highest BCUT2D eigenvalue weighted by Crippen LogP contribution is 2.06. The zero-order valence-electron chi connectivity index (χ0n) is 10.3. The van der Waals surface area contributed by atoms with Gasteiger partial charge in [0.1, 0.15) is 0 Å². The third-order valence-corrected chi connectivity index (χ3v) is 2.61. The van der Waals surface area contributed by atoms with Crippen LogP contribution in [0.3, 0.4) is 0 Å². The molecule has 0 amide bonds. The molecule has 6 nitrogen and oxygen atoms in total. The van der Waals surface area contributed by atoms with E-state index in [4.69, 9.17) is 10.4 Å². The van der Waals surface area contributed by atoms with Crippen molar-refractivity contribution in [1.82, 2.24) is 0 Å². The van der Waals surface area contributed by atoms with E-state index in [-0.39, 0.29) is 11.4 Å². The molecule has 0 spiro atoms. The highest BCUT2D eigenvalue weighted by atomic mass is 16.8. The highest BCUT2D eigenvalue weighted by Gasteiger charge is 1.99. The molecule has 2 aromatic rings. The molecule has 0 heterocycles. The van der Waals surface area contributed by atoms with Gasteiger partial charge in [0.05, 0.1) is 0 Å². The van der Waals surface area contributed by atoms with Crippen molar-refractivity contribution in [3.05, 3.63) is 70.1 Å². The van der Waals surface area contributed by atoms with E-state index in [2.05, 4.69) is 11.8 Å². The first-order valence-electron chi connectivity index (χ1n) is 5.75. The van der Waals surface area contributed by atoms with Crippen LogP contribution in [0.5, 0.6) is 0 Å². The Morgan fingerprint density at radius 3 is 1.20 bits per heavy atom. The van der Waals surface area contributed by atoms with Crippen molar-refractivity contribution in [2.45, 2.75) is 0 Å². The Morgan fingerprint density at radius 1 is 0.650 bits per heavy atom. The number of quaternary nitrogens is 2. The summed E-state index contributed by atoms with van der Waals surface area (Å²) in [4.78, 5) is 0. The Kier molecular flexibility index (Phi) is 4.45. The first-order chi connectivity index (χ1) is 9.56. The standard InChI is InChI=1S/C14H12N2O4/c17-15(18)13-7-3-11(4-8-13)1-2-12-5-9-14(10-6-12)16(19)20/h3-10,15-17,19H. The van der Waals surface area contributed by atoms with Gasteiger partial charge < -0.3 is 10.4 Å². The summed E-state index contributed by atoms with van der Waals surface area (Å²) in [6.07, 6.45) is 0. The largest absolute Gasteiger partial charge is 0.595 e. The third kappa shape index (κ3) is 3.63. The van der Waals surface area contributed by atoms with Gasteiger partial charge in [-0.1, -0.05) is 11.8 Å². The maximum Gasteiger partial charge on any atom is 0.163 e. The summed E-state index contributed by atoms with van der Waals surface area (Å²) >= 11 is 0. The SMILES string of the molecule is [O-][NH+](O)c1ccc(C#Cc2ccc([NH+]([O-])O)cc2)cc1. The van der Waals surface area contributed by atoms with E-state index in [1.54, 1.807) is 24.3 Å². The summed E-state index contributed by atoms with van der Waals surface area (Å²) in [7, 11) is 0. The van der Waals surface area contributed by atoms with Gasteiger partial charge in [-0.05, 0) is 24.3 Å². The molecule has 2 rings (SSSR count). The normalized spacial score (nSPS) is 13.2. The first-order valence-corrected chi connectivity index (χ1v) is 5.75. The number of rotatable bonds is 2. The predicted molar refractivity (Wildman–Crippen MR) is 70.4 cm³/mol. The van der Waals surface area contributed by atoms with Gasteiger partial charge in [-0.2, -0.15) is 10.5 Å². The van der Waals surface area contributed by atoms with Crippen LogP contribution in [0.25, 0.3) is 0 Å². The second kappa shape index (κ2) is 6.27. The second-order valence-electron chi connectivity index (χ2n) is 4.02. The van der Waals surface area contributed by atoms with Crippen molar-refractivity contribution in [1.29, 1.82) is 0 Å². The molecular weight excluding hydrogens is 260 g/mol. The van der Waals surface area contributed by atoms with Crippen molar-refractivity contribution >= 4 is 11.4 Å². The molecule has 2 atom stereocenters. The van der Waals surface area contributed by atoms with Crippen LogP contribution in [0.4, 0.5) is 11.4 Å². The van der Waals surface area contributed by atoms with Crippen molar-refractivity contribution < 1.29 is 20.9 Å². The molecule has 6 heteroatoms. The Bertz CT molecular complexity index is 569. The molecular formula is C14H12N2O4. The fourth-order valence-corrected chi connectivity index (χ4v) is 1.54. The lowest BCUT2D eigenvalue weighted by Crippen LogP contribution is -2.99. The number of hydrogen-bond donors (Lipinski definition) is 4. The van der Waals surface area contributed by atoms with E-state index in [0.29, 0.717) is 11.1 Å². The van der Waals surface area contributed by atoms with E-state index < -0.39 is 10.5 Å². The molecule has 0 saturated heterocycles. The highest BCUT2D eigenvalue weighted by molar-refractivity contribution is 5.47. The van der Waals surface area contributed by atoms with Gasteiger partial charge in [-0.3, -0.25) is 0 Å². The molecule has 0 saturated carbocycles. The summed E-state index contributed by atoms with van der Waals surface area (Å²) in [5, 5.41) is 37.0. The molecule has 0 aromatic heterocycles. The van der Waals surface area contributed by atoms with E-state index >= 15 is 0 Å². The fourth-order valence-electron chi connectivity index (χ4n) is 1.54. The van der Waals surface area contributed by atoms with Gasteiger partial charge in [0.15, 0.2) is 11.4 Å². The topological polar surface area (TPSA) is 95.5 Å². The Hall–Kier alpha value is -2.24. The number of benzene rings is 2. The molecule has 0 radical (unpaired) electrons. The maximum atomic E-state index is 10.7. The Labute approximate surface area is 115 Å². The van der Waals surface area contributed by atoms with Crippen molar-refractivity contribution in [3.63, 3.8) is 0 Å². The van der Waals surface area contributed by atoms with Crippen LogP contribution >= 0.6 is 0 Å². The molecule has 20 heavy (non-hydrogen) atoms. The van der Waals surface area contributed by atoms with Gasteiger partial charge in [0, 0.05) is 35.4 Å². The van der Waals surface area contributed by atoms with Crippen LogP contribution in [-0.4, -0.2) is 10.4 Å². The van der Waals surface area contributed by atoms with Gasteiger partial charge in [-0.25, -0.2) is 10.4 Å². The van der Waals surface area contributed by atoms with E-state index in [1.807, 2.05) is 0 Å². The molecule has 0 fully saturated rings. The van der Waals surface area contributed by atoms with Gasteiger partial charge >= 0.3 is 0 Å². The average molecular weight is 272 g/mol. The second-order valence-corrected chi connectivity index (χ2v) is 4.02. The molecule has 2 aromatic carbocycles. The van der Waals surface area contributed by atoms with E-state index in [9.17, 15) is 10.4 Å². The number of hydrogen-bond acceptors (Lipinski definition) is 4. The zero-order valence-corrected chi connectivity index (χ0v) is 10.3. The van der Waals surface area contributed by atoms with Crippen LogP contribution in [0, 0.1) is 22.3 Å². The molecule has 2 unspecified atom stereocenters. The Morgan fingerprint density at radius 2 is 0.950 bits per heavy atom. The fraction of sp³-hybridized carbons (Fsp3) is 0. The van der Waals surface area contributed by atoms with Crippen molar-refractivity contribution in [2.24, 2.45) is 0 Å². The van der Waals surface area contributed by atoms with Crippen LogP contribution in [0.1, 0.15) is 11.1 Å². The summed E-state index contributed by atoms with van der Waals surface area (Å²) < 4.78 is 0. The van der Waals surface area contributed by atoms with E-state index in [0.717, 1.165) is 0 Å². The molecule has 0 bridgehead atoms. The van der Waals surface area contributed by atoms with Gasteiger partial charge in [-0.15, -0.1) is 0 Å². The monoisotopic (exact) mass is 272 g/mol. The van der Waals surface area contributed by atoms with Crippen molar-refractivity contribution in [3.8, 4) is 11.8 Å². The lowest BCUT2D eigenvalue weighted by atomic mass is 10.1. The lowest BCUT2D eigenvalue weighted by Gasteiger charge is -2.10. The summed E-state index contributed by atoms with van der Waals surface area (Å²) in [6.45, 7) is 0. The smallest absolute Gasteiger partial charge is 0.163 e. The maximum absolute atomic E-state index is 10.7. The van der Waals surface area contributed by atoms with Crippen LogP contribution in [-0.2, 0) is 0 Å². The van der Waals surface area contributed by atoms with Gasteiger partial charge in [0.25, 0.3) is 0 Å². The van der Waals surface area contributed by atoms with Crippen LogP contribution in [0.15, 0.2) is 48.5 Å². The Balaban J connectivity index is 2.13. The average Bonchev–Trinajstić information content (AvgIpc) is 2.46. The lowest BCUT2D eigenvalue weighted by molar-refractivity contribution is -0.991. The minimum absolute atomic E-state index is 0.210. The quantitative estimate of drug-likeness (QED) is 0.453. The van der Waals surface area contributed by atoms with E-state index in [1.165, 1.54) is 24.3 Å². The third-order valence-electron chi connectivity index (χ3n) is 2.61. The predicted octanol–water partition coefficient (Wildman–Crippen LogP) is -0.107. The van der Waals surface area contributed by atoms with Crippen LogP contribution < -0.4 is 10.5 Å². The zero-order chi connectivity index (χ0) is 14.5. The minimum Gasteiger partial charge on any atom is -0.595 e. The summed E-state index contributed by atoms with van der Waals surface area (Å²) in [5.74, 6) is 5.77. The number of nitrogens with one attached hydrogen (secondary N) is 2.